The molecule has 0 amide bonds. The Morgan fingerprint density at radius 2 is 0.768 bits per heavy atom. The lowest BCUT2D eigenvalue weighted by atomic mass is 10.0. The number of rotatable bonds is 6. The minimum Gasteiger partial charge on any atom is -0.309 e. The van der Waals surface area contributed by atoms with Crippen LogP contribution in [0.15, 0.2) is 189 Å². The summed E-state index contributed by atoms with van der Waals surface area (Å²) in [5.41, 5.74) is 11.7. The highest BCUT2D eigenvalue weighted by atomic mass is 15.0. The second-order valence-corrected chi connectivity index (χ2v) is 13.8. The third kappa shape index (κ3) is 5.25. The van der Waals surface area contributed by atoms with Gasteiger partial charge in [0.25, 0.3) is 0 Å². The normalized spacial score (nSPS) is 11.6. The highest BCUT2D eigenvalue weighted by Gasteiger charge is 2.18. The molecule has 0 aliphatic carbocycles. The highest BCUT2D eigenvalue weighted by Crippen LogP contribution is 2.38. The van der Waals surface area contributed by atoms with Gasteiger partial charge in [-0.1, -0.05) is 78.9 Å². The molecule has 0 radical (unpaired) electrons. The first-order valence-electron chi connectivity index (χ1n) is 18.6. The lowest BCUT2D eigenvalue weighted by Crippen LogP contribution is -2.01. The van der Waals surface area contributed by atoms with Crippen LogP contribution in [-0.2, 0) is 0 Å². The molecule has 0 aliphatic rings. The van der Waals surface area contributed by atoms with Crippen molar-refractivity contribution in [3.05, 3.63) is 189 Å². The number of aromatic nitrogens is 7. The Bertz CT molecular complexity index is 3180. The van der Waals surface area contributed by atoms with Crippen molar-refractivity contribution >= 4 is 43.6 Å². The molecule has 0 aliphatic heterocycles. The maximum Gasteiger partial charge on any atom is 0.165 e. The summed E-state index contributed by atoms with van der Waals surface area (Å²) >= 11 is 0. The molecule has 0 spiro atoms. The van der Waals surface area contributed by atoms with Crippen molar-refractivity contribution in [3.63, 3.8) is 0 Å². The average Bonchev–Trinajstić information content (AvgIpc) is 3.79. The molecule has 0 atom stereocenters. The Labute approximate surface area is 321 Å². The van der Waals surface area contributed by atoms with Crippen molar-refractivity contribution < 1.29 is 0 Å². The van der Waals surface area contributed by atoms with Gasteiger partial charge in [0.15, 0.2) is 17.5 Å². The number of fused-ring (bicyclic) bond motifs is 6. The predicted octanol–water partition coefficient (Wildman–Crippen LogP) is 11.5. The maximum absolute atomic E-state index is 4.96. The third-order valence-corrected chi connectivity index (χ3v) is 10.5. The molecule has 0 saturated heterocycles. The number of pyridine rings is 2. The second kappa shape index (κ2) is 13.0. The molecule has 0 N–H and O–H groups in total. The lowest BCUT2D eigenvalue weighted by Gasteiger charge is -2.12. The first kappa shape index (κ1) is 31.7. The van der Waals surface area contributed by atoms with E-state index in [-0.39, 0.29) is 0 Å². The molecule has 5 heterocycles. The second-order valence-electron chi connectivity index (χ2n) is 13.8. The van der Waals surface area contributed by atoms with E-state index < -0.39 is 0 Å². The molecule has 0 bridgehead atoms. The monoisotopic (exact) mass is 717 g/mol. The quantitative estimate of drug-likeness (QED) is 0.171. The summed E-state index contributed by atoms with van der Waals surface area (Å²) in [6, 6.07) is 57.7. The van der Waals surface area contributed by atoms with Gasteiger partial charge in [-0.15, -0.1) is 0 Å². The van der Waals surface area contributed by atoms with Crippen molar-refractivity contribution in [3.8, 4) is 56.7 Å². The lowest BCUT2D eigenvalue weighted by molar-refractivity contribution is 1.06. The van der Waals surface area contributed by atoms with Crippen LogP contribution >= 0.6 is 0 Å². The van der Waals surface area contributed by atoms with Gasteiger partial charge in [-0.05, 0) is 96.1 Å². The van der Waals surface area contributed by atoms with Crippen molar-refractivity contribution in [2.24, 2.45) is 0 Å². The van der Waals surface area contributed by atoms with Crippen LogP contribution in [0.1, 0.15) is 0 Å². The van der Waals surface area contributed by atoms with Gasteiger partial charge in [-0.25, -0.2) is 15.0 Å². The Hall–Kier alpha value is -7.77. The minimum atomic E-state index is 0.555. The van der Waals surface area contributed by atoms with E-state index in [0.717, 1.165) is 39.1 Å². The van der Waals surface area contributed by atoms with Crippen LogP contribution in [0.5, 0.6) is 0 Å². The van der Waals surface area contributed by atoms with E-state index in [1.165, 1.54) is 43.7 Å². The topological polar surface area (TPSA) is 74.3 Å². The van der Waals surface area contributed by atoms with Gasteiger partial charge in [0.05, 0.1) is 22.1 Å². The van der Waals surface area contributed by atoms with E-state index in [0.29, 0.717) is 17.5 Å². The average molecular weight is 718 g/mol. The van der Waals surface area contributed by atoms with Crippen LogP contribution in [0.2, 0.25) is 0 Å². The van der Waals surface area contributed by atoms with E-state index in [2.05, 4.69) is 159 Å². The summed E-state index contributed by atoms with van der Waals surface area (Å²) in [6.07, 6.45) is 7.04. The first-order chi connectivity index (χ1) is 27.8. The molecule has 11 rings (SSSR count). The van der Waals surface area contributed by atoms with Crippen molar-refractivity contribution in [2.75, 3.05) is 0 Å². The van der Waals surface area contributed by atoms with Gasteiger partial charge in [0.1, 0.15) is 0 Å². The van der Waals surface area contributed by atoms with Gasteiger partial charge >= 0.3 is 0 Å². The molecule has 7 heteroatoms. The maximum atomic E-state index is 4.96. The smallest absolute Gasteiger partial charge is 0.165 e. The van der Waals surface area contributed by atoms with Crippen LogP contribution in [-0.4, -0.2) is 34.1 Å². The molecular weight excluding hydrogens is 687 g/mol. The predicted molar refractivity (Wildman–Crippen MR) is 226 cm³/mol. The first-order valence-corrected chi connectivity index (χ1v) is 18.6. The van der Waals surface area contributed by atoms with E-state index in [1.807, 2.05) is 24.3 Å². The van der Waals surface area contributed by atoms with Crippen molar-refractivity contribution in [1.29, 1.82) is 0 Å². The molecule has 0 fully saturated rings. The molecule has 5 aromatic heterocycles. The number of para-hydroxylation sites is 3. The van der Waals surface area contributed by atoms with E-state index in [9.17, 15) is 0 Å². The molecule has 6 aromatic carbocycles. The summed E-state index contributed by atoms with van der Waals surface area (Å²) in [4.78, 5) is 23.4. The molecule has 11 aromatic rings. The molecule has 7 nitrogen and oxygen atoms in total. The Morgan fingerprint density at radius 3 is 1.32 bits per heavy atom. The fourth-order valence-electron chi connectivity index (χ4n) is 7.98. The molecule has 262 valence electrons. The number of hydrogen-bond donors (Lipinski definition) is 0. The number of benzene rings is 6. The fourth-order valence-corrected chi connectivity index (χ4v) is 7.98. The van der Waals surface area contributed by atoms with Crippen LogP contribution in [0.25, 0.3) is 100 Å². The van der Waals surface area contributed by atoms with Gasteiger partial charge in [-0.3, -0.25) is 9.97 Å². The summed E-state index contributed by atoms with van der Waals surface area (Å²) in [6.45, 7) is 0. The van der Waals surface area contributed by atoms with E-state index in [4.69, 9.17) is 15.0 Å². The Morgan fingerprint density at radius 1 is 0.304 bits per heavy atom. The van der Waals surface area contributed by atoms with Gasteiger partial charge in [0.2, 0.25) is 0 Å². The van der Waals surface area contributed by atoms with Crippen LogP contribution < -0.4 is 0 Å². The number of nitrogens with zero attached hydrogens (tertiary/aromatic N) is 7. The molecular formula is C49H31N7. The zero-order valence-electron chi connectivity index (χ0n) is 30.0. The van der Waals surface area contributed by atoms with Gasteiger partial charge in [0, 0.05) is 74.4 Å². The van der Waals surface area contributed by atoms with Crippen LogP contribution in [0, 0.1) is 0 Å². The zero-order chi connectivity index (χ0) is 37.0. The summed E-state index contributed by atoms with van der Waals surface area (Å²) in [5.74, 6) is 1.69. The van der Waals surface area contributed by atoms with Crippen LogP contribution in [0.4, 0.5) is 0 Å². The fraction of sp³-hybridized carbons (Fsp3) is 0. The largest absolute Gasteiger partial charge is 0.309 e. The highest BCUT2D eigenvalue weighted by molar-refractivity contribution is 6.12. The van der Waals surface area contributed by atoms with Crippen molar-refractivity contribution in [2.45, 2.75) is 0 Å². The van der Waals surface area contributed by atoms with Gasteiger partial charge < -0.3 is 9.13 Å². The van der Waals surface area contributed by atoms with E-state index in [1.54, 1.807) is 24.8 Å². The molecule has 0 unspecified atom stereocenters. The molecule has 0 saturated carbocycles. The third-order valence-electron chi connectivity index (χ3n) is 10.5. The Kier molecular flexibility index (Phi) is 7.35. The SMILES string of the molecule is c1ccc(-n2c3ccccc3c3cc(-c4ccc5c(c4)c4ccccc4n5-c4cccc(-c5nc(-c6cccnc6)nc(-c6cccnc6)n5)c4)ccc32)cc1. The van der Waals surface area contributed by atoms with Gasteiger partial charge in [-0.2, -0.15) is 0 Å². The molecule has 56 heavy (non-hydrogen) atoms. The van der Waals surface area contributed by atoms with Crippen molar-refractivity contribution in [1.82, 2.24) is 34.1 Å². The zero-order valence-corrected chi connectivity index (χ0v) is 30.0. The Balaban J connectivity index is 1.05. The summed E-state index contributed by atoms with van der Waals surface area (Å²) in [7, 11) is 0. The summed E-state index contributed by atoms with van der Waals surface area (Å²) < 4.78 is 4.69. The van der Waals surface area contributed by atoms with Crippen LogP contribution in [0.3, 0.4) is 0 Å². The summed E-state index contributed by atoms with van der Waals surface area (Å²) in [5, 5.41) is 4.85. The standard InChI is InChI=1S/C49H31N7/c1-2-14-37(15-3-1)55-43-19-6-4-17-39(43)41-28-32(21-23-45(41)55)33-22-24-46-42(29-33)40-18-5-7-20-44(40)56(46)38-16-8-11-34(27-38)47-52-48(35-12-9-25-50-30-35)54-49(53-47)36-13-10-26-51-31-36/h1-31H. The number of hydrogen-bond acceptors (Lipinski definition) is 5. The van der Waals surface area contributed by atoms with E-state index >= 15 is 0 Å². The minimum absolute atomic E-state index is 0.555.